The molecule has 2 aromatic carbocycles. The summed E-state index contributed by atoms with van der Waals surface area (Å²) in [6, 6.07) is 13.9. The highest BCUT2D eigenvalue weighted by Crippen LogP contribution is 2.33. The molecule has 1 N–H and O–H groups in total. The van der Waals surface area contributed by atoms with Gasteiger partial charge < -0.3 is 10.1 Å². The molecule has 0 fully saturated rings. The van der Waals surface area contributed by atoms with Gasteiger partial charge in [0.25, 0.3) is 0 Å². The fourth-order valence-corrected chi connectivity index (χ4v) is 2.18. The second-order valence-electron chi connectivity index (χ2n) is 4.36. The fourth-order valence-electron chi connectivity index (χ4n) is 1.94. The molecule has 19 heavy (non-hydrogen) atoms. The number of hydrogen-bond acceptors (Lipinski definition) is 2. The molecular formula is C16H18ClNO. The third kappa shape index (κ3) is 3.49. The first-order valence-corrected chi connectivity index (χ1v) is 6.81. The minimum atomic E-state index is 0.634. The van der Waals surface area contributed by atoms with E-state index in [2.05, 4.69) is 18.3 Å². The maximum absolute atomic E-state index is 6.24. The Morgan fingerprint density at radius 1 is 1.16 bits per heavy atom. The van der Waals surface area contributed by atoms with E-state index >= 15 is 0 Å². The number of nitrogens with one attached hydrogen (secondary N) is 1. The van der Waals surface area contributed by atoms with Crippen LogP contribution in [0.1, 0.15) is 18.1 Å². The van der Waals surface area contributed by atoms with Gasteiger partial charge in [-0.2, -0.15) is 0 Å². The first-order chi connectivity index (χ1) is 9.24. The number of hydrogen-bond donors (Lipinski definition) is 1. The molecule has 0 bridgehead atoms. The molecule has 2 rings (SSSR count). The maximum atomic E-state index is 6.24. The predicted octanol–water partition coefficient (Wildman–Crippen LogP) is 4.41. The normalized spacial score (nSPS) is 10.5. The molecule has 0 atom stereocenters. The Morgan fingerprint density at radius 2 is 1.95 bits per heavy atom. The summed E-state index contributed by atoms with van der Waals surface area (Å²) in [5.74, 6) is 1.55. The first kappa shape index (κ1) is 13.9. The monoisotopic (exact) mass is 275 g/mol. The van der Waals surface area contributed by atoms with Gasteiger partial charge in [0.2, 0.25) is 0 Å². The highest BCUT2D eigenvalue weighted by molar-refractivity contribution is 6.32. The Labute approximate surface area is 119 Å². The SMILES string of the molecule is CCc1cccc(Oc2c(Cl)cccc2CNC)c1. The summed E-state index contributed by atoms with van der Waals surface area (Å²) < 4.78 is 5.96. The predicted molar refractivity (Wildman–Crippen MR) is 80.1 cm³/mol. The molecule has 3 heteroatoms. The van der Waals surface area contributed by atoms with Crippen LogP contribution in [0.5, 0.6) is 11.5 Å². The van der Waals surface area contributed by atoms with E-state index in [9.17, 15) is 0 Å². The molecule has 100 valence electrons. The van der Waals surface area contributed by atoms with Crippen molar-refractivity contribution in [3.63, 3.8) is 0 Å². The van der Waals surface area contributed by atoms with Crippen molar-refractivity contribution in [1.29, 1.82) is 0 Å². The molecule has 0 aliphatic carbocycles. The van der Waals surface area contributed by atoms with Crippen molar-refractivity contribution in [2.45, 2.75) is 19.9 Å². The summed E-state index contributed by atoms with van der Waals surface area (Å²) in [6.07, 6.45) is 0.989. The lowest BCUT2D eigenvalue weighted by Gasteiger charge is -2.13. The average Bonchev–Trinajstić information content (AvgIpc) is 2.43. The Hall–Kier alpha value is -1.51. The zero-order valence-electron chi connectivity index (χ0n) is 11.2. The minimum Gasteiger partial charge on any atom is -0.455 e. The van der Waals surface area contributed by atoms with Crippen molar-refractivity contribution in [3.8, 4) is 11.5 Å². The van der Waals surface area contributed by atoms with Crippen LogP contribution >= 0.6 is 11.6 Å². The fraction of sp³-hybridized carbons (Fsp3) is 0.250. The van der Waals surface area contributed by atoms with Gasteiger partial charge in [-0.15, -0.1) is 0 Å². The van der Waals surface area contributed by atoms with Gasteiger partial charge in [0.15, 0.2) is 0 Å². The van der Waals surface area contributed by atoms with Crippen LogP contribution in [0.2, 0.25) is 5.02 Å². The Morgan fingerprint density at radius 3 is 2.68 bits per heavy atom. The minimum absolute atomic E-state index is 0.634. The zero-order valence-corrected chi connectivity index (χ0v) is 12.0. The molecule has 0 radical (unpaired) electrons. The highest BCUT2D eigenvalue weighted by Gasteiger charge is 2.09. The van der Waals surface area contributed by atoms with E-state index in [4.69, 9.17) is 16.3 Å². The standard InChI is InChI=1S/C16H18ClNO/c1-3-12-6-4-8-14(10-12)19-16-13(11-18-2)7-5-9-15(16)17/h4-10,18H,3,11H2,1-2H3. The van der Waals surface area contributed by atoms with Gasteiger partial charge in [-0.3, -0.25) is 0 Å². The molecule has 0 saturated heterocycles. The Kier molecular flexibility index (Phi) is 4.83. The van der Waals surface area contributed by atoms with Crippen LogP contribution in [0.15, 0.2) is 42.5 Å². The molecule has 0 heterocycles. The lowest BCUT2D eigenvalue weighted by molar-refractivity contribution is 0.474. The van der Waals surface area contributed by atoms with E-state index in [1.54, 1.807) is 0 Å². The van der Waals surface area contributed by atoms with E-state index in [1.807, 2.05) is 43.4 Å². The largest absolute Gasteiger partial charge is 0.455 e. The van der Waals surface area contributed by atoms with Crippen LogP contribution in [-0.2, 0) is 13.0 Å². The van der Waals surface area contributed by atoms with Crippen LogP contribution in [0.3, 0.4) is 0 Å². The molecule has 0 aliphatic rings. The Bertz CT molecular complexity index is 554. The molecule has 0 aliphatic heterocycles. The van der Waals surface area contributed by atoms with Crippen LogP contribution in [0, 0.1) is 0 Å². The molecule has 0 aromatic heterocycles. The van der Waals surface area contributed by atoms with Gasteiger partial charge in [-0.1, -0.05) is 42.8 Å². The molecule has 2 nitrogen and oxygen atoms in total. The second-order valence-corrected chi connectivity index (χ2v) is 4.77. The Balaban J connectivity index is 2.31. The van der Waals surface area contributed by atoms with E-state index in [-0.39, 0.29) is 0 Å². The quantitative estimate of drug-likeness (QED) is 0.872. The molecule has 0 amide bonds. The van der Waals surface area contributed by atoms with E-state index in [0.29, 0.717) is 5.02 Å². The van der Waals surface area contributed by atoms with E-state index in [0.717, 1.165) is 30.0 Å². The molecule has 2 aromatic rings. The van der Waals surface area contributed by atoms with E-state index < -0.39 is 0 Å². The van der Waals surface area contributed by atoms with Gasteiger partial charge in [-0.05, 0) is 37.2 Å². The molecule has 0 spiro atoms. The zero-order chi connectivity index (χ0) is 13.7. The van der Waals surface area contributed by atoms with Gasteiger partial charge >= 0.3 is 0 Å². The lowest BCUT2D eigenvalue weighted by Crippen LogP contribution is -2.06. The number of ether oxygens (including phenoxy) is 1. The summed E-state index contributed by atoms with van der Waals surface area (Å²) >= 11 is 6.24. The highest BCUT2D eigenvalue weighted by atomic mass is 35.5. The van der Waals surface area contributed by atoms with Gasteiger partial charge in [-0.25, -0.2) is 0 Å². The number of benzene rings is 2. The van der Waals surface area contributed by atoms with Crippen LogP contribution < -0.4 is 10.1 Å². The maximum Gasteiger partial charge on any atom is 0.150 e. The van der Waals surface area contributed by atoms with Crippen molar-refractivity contribution in [3.05, 3.63) is 58.6 Å². The third-order valence-electron chi connectivity index (χ3n) is 2.94. The van der Waals surface area contributed by atoms with Crippen molar-refractivity contribution >= 4 is 11.6 Å². The molecule has 0 unspecified atom stereocenters. The first-order valence-electron chi connectivity index (χ1n) is 6.43. The summed E-state index contributed by atoms with van der Waals surface area (Å²) in [4.78, 5) is 0. The number of aryl methyl sites for hydroxylation is 1. The smallest absolute Gasteiger partial charge is 0.150 e. The number of rotatable bonds is 5. The van der Waals surface area contributed by atoms with Gasteiger partial charge in [0.1, 0.15) is 11.5 Å². The molecule has 0 saturated carbocycles. The lowest BCUT2D eigenvalue weighted by atomic mass is 10.1. The number of para-hydroxylation sites is 1. The summed E-state index contributed by atoms with van der Waals surface area (Å²) in [7, 11) is 1.91. The summed E-state index contributed by atoms with van der Waals surface area (Å²) in [5.41, 5.74) is 2.30. The van der Waals surface area contributed by atoms with Crippen LogP contribution in [0.4, 0.5) is 0 Å². The van der Waals surface area contributed by atoms with E-state index in [1.165, 1.54) is 5.56 Å². The summed E-state index contributed by atoms with van der Waals surface area (Å²) in [6.45, 7) is 2.85. The van der Waals surface area contributed by atoms with Crippen molar-refractivity contribution < 1.29 is 4.74 Å². The van der Waals surface area contributed by atoms with Crippen molar-refractivity contribution in [2.75, 3.05) is 7.05 Å². The van der Waals surface area contributed by atoms with Crippen LogP contribution in [-0.4, -0.2) is 7.05 Å². The van der Waals surface area contributed by atoms with Crippen molar-refractivity contribution in [1.82, 2.24) is 5.32 Å². The van der Waals surface area contributed by atoms with Gasteiger partial charge in [0, 0.05) is 12.1 Å². The average molecular weight is 276 g/mol. The van der Waals surface area contributed by atoms with Crippen molar-refractivity contribution in [2.24, 2.45) is 0 Å². The second kappa shape index (κ2) is 6.60. The van der Waals surface area contributed by atoms with Gasteiger partial charge in [0.05, 0.1) is 5.02 Å². The topological polar surface area (TPSA) is 21.3 Å². The van der Waals surface area contributed by atoms with Crippen LogP contribution in [0.25, 0.3) is 0 Å². The summed E-state index contributed by atoms with van der Waals surface area (Å²) in [5, 5.41) is 3.76. The molecular weight excluding hydrogens is 258 g/mol. The third-order valence-corrected chi connectivity index (χ3v) is 3.24. The number of halogens is 1.